The molecule has 2 aliphatic carbocycles. The Kier molecular flexibility index (Phi) is 13.2. The Bertz CT molecular complexity index is 1720. The number of halogens is 2. The van der Waals surface area contributed by atoms with E-state index in [0.717, 1.165) is 137 Å². The van der Waals surface area contributed by atoms with E-state index in [9.17, 15) is 9.59 Å². The van der Waals surface area contributed by atoms with Crippen molar-refractivity contribution in [2.24, 2.45) is 11.8 Å². The number of unbranched alkanes of at least 4 members (excludes halogenated alkanes) is 4. The van der Waals surface area contributed by atoms with Gasteiger partial charge in [-0.05, 0) is 137 Å². The lowest BCUT2D eigenvalue weighted by Gasteiger charge is -2.43. The standard InChI is InChI=1S/C45H60Cl2N2O4/c1-5-9-21-44(22-10-6-2,30-13-17-34-36-27-32(46)15-19-38(36)48-40(34)25-30)52-42(50)29-43(51)53-45(23-11-7-3,24-12-8-4)31-14-18-35-37-28-33(47)16-20-39(37)49-41(35)26-31/h15-16,19-20,27-28,30-31,48-49H,5-14,17-18,21-26,29H2,1-4H3. The number of carbonyl (C=O) groups excluding carboxylic acids is 2. The lowest BCUT2D eigenvalue weighted by molar-refractivity contribution is -0.182. The fourth-order valence-electron chi connectivity index (χ4n) is 9.69. The Hall–Kier alpha value is -2.96. The Balaban J connectivity index is 1.22. The van der Waals surface area contributed by atoms with E-state index in [1.807, 2.05) is 12.1 Å². The Morgan fingerprint density at radius 2 is 1.02 bits per heavy atom. The van der Waals surface area contributed by atoms with Crippen LogP contribution in [0.25, 0.3) is 21.8 Å². The van der Waals surface area contributed by atoms with Crippen molar-refractivity contribution in [3.05, 3.63) is 69.0 Å². The third-order valence-electron chi connectivity index (χ3n) is 12.5. The molecular formula is C45H60Cl2N2O4. The number of rotatable bonds is 18. The topological polar surface area (TPSA) is 84.2 Å². The average molecular weight is 764 g/mol. The van der Waals surface area contributed by atoms with E-state index in [4.69, 9.17) is 32.7 Å². The minimum atomic E-state index is -0.629. The number of hydrogen-bond acceptors (Lipinski definition) is 4. The maximum atomic E-state index is 14.1. The highest BCUT2D eigenvalue weighted by molar-refractivity contribution is 6.31. The van der Waals surface area contributed by atoms with Gasteiger partial charge in [-0.2, -0.15) is 0 Å². The zero-order valence-electron chi connectivity index (χ0n) is 32.4. The van der Waals surface area contributed by atoms with Gasteiger partial charge < -0.3 is 19.4 Å². The van der Waals surface area contributed by atoms with Crippen LogP contribution in [0.4, 0.5) is 0 Å². The molecule has 0 aliphatic heterocycles. The van der Waals surface area contributed by atoms with Gasteiger partial charge in [0.1, 0.15) is 17.6 Å². The summed E-state index contributed by atoms with van der Waals surface area (Å²) in [6.45, 7) is 8.76. The Morgan fingerprint density at radius 1 is 0.642 bits per heavy atom. The van der Waals surface area contributed by atoms with Crippen LogP contribution in [0.15, 0.2) is 36.4 Å². The molecule has 6 rings (SSSR count). The monoisotopic (exact) mass is 762 g/mol. The van der Waals surface area contributed by atoms with Crippen LogP contribution in [-0.2, 0) is 44.7 Å². The molecule has 2 unspecified atom stereocenters. The normalized spacial score (nSPS) is 17.5. The number of ether oxygens (including phenoxy) is 2. The highest BCUT2D eigenvalue weighted by Gasteiger charge is 2.46. The molecule has 8 heteroatoms. The van der Waals surface area contributed by atoms with Crippen LogP contribution in [0, 0.1) is 11.8 Å². The van der Waals surface area contributed by atoms with Gasteiger partial charge in [-0.15, -0.1) is 0 Å². The first-order valence-corrected chi connectivity index (χ1v) is 21.4. The summed E-state index contributed by atoms with van der Waals surface area (Å²) in [6, 6.07) is 12.1. The van der Waals surface area contributed by atoms with Gasteiger partial charge >= 0.3 is 11.9 Å². The van der Waals surface area contributed by atoms with Crippen molar-refractivity contribution in [3.63, 3.8) is 0 Å². The molecule has 2 aliphatic rings. The molecule has 0 fully saturated rings. The molecule has 2 atom stereocenters. The average Bonchev–Trinajstić information content (AvgIpc) is 3.70. The number of aromatic nitrogens is 2. The number of carbonyl (C=O) groups is 2. The molecule has 0 saturated heterocycles. The Morgan fingerprint density at radius 3 is 1.38 bits per heavy atom. The molecular weight excluding hydrogens is 703 g/mol. The number of H-pyrrole nitrogens is 2. The molecule has 288 valence electrons. The van der Waals surface area contributed by atoms with Gasteiger partial charge in [-0.25, -0.2) is 0 Å². The van der Waals surface area contributed by atoms with Crippen LogP contribution >= 0.6 is 23.2 Å². The highest BCUT2D eigenvalue weighted by atomic mass is 35.5. The van der Waals surface area contributed by atoms with Crippen LogP contribution < -0.4 is 0 Å². The molecule has 0 bridgehead atoms. The number of benzene rings is 2. The summed E-state index contributed by atoms with van der Waals surface area (Å²) in [7, 11) is 0. The molecule has 2 N–H and O–H groups in total. The second kappa shape index (κ2) is 17.7. The third-order valence-corrected chi connectivity index (χ3v) is 13.0. The number of aromatic amines is 2. The number of fused-ring (bicyclic) bond motifs is 6. The van der Waals surface area contributed by atoms with E-state index >= 15 is 0 Å². The second-order valence-corrected chi connectivity index (χ2v) is 17.0. The fourth-order valence-corrected chi connectivity index (χ4v) is 10.0. The van der Waals surface area contributed by atoms with Gasteiger partial charge in [0, 0.05) is 55.1 Å². The van der Waals surface area contributed by atoms with E-state index in [0.29, 0.717) is 0 Å². The molecule has 53 heavy (non-hydrogen) atoms. The minimum absolute atomic E-state index is 0.160. The van der Waals surface area contributed by atoms with E-state index in [1.54, 1.807) is 0 Å². The summed E-state index contributed by atoms with van der Waals surface area (Å²) in [4.78, 5) is 35.5. The summed E-state index contributed by atoms with van der Waals surface area (Å²) in [5.74, 6) is -0.579. The van der Waals surface area contributed by atoms with Crippen molar-refractivity contribution in [1.29, 1.82) is 0 Å². The van der Waals surface area contributed by atoms with Crippen LogP contribution in [0.5, 0.6) is 0 Å². The van der Waals surface area contributed by atoms with Gasteiger partial charge in [0.15, 0.2) is 0 Å². The van der Waals surface area contributed by atoms with Gasteiger partial charge in [0.05, 0.1) is 0 Å². The molecule has 2 aromatic heterocycles. The van der Waals surface area contributed by atoms with Gasteiger partial charge in [-0.3, -0.25) is 9.59 Å². The van der Waals surface area contributed by atoms with Crippen LogP contribution in [0.3, 0.4) is 0 Å². The highest BCUT2D eigenvalue weighted by Crippen LogP contribution is 2.45. The first-order chi connectivity index (χ1) is 25.6. The number of hydrogen-bond donors (Lipinski definition) is 2. The quantitative estimate of drug-likeness (QED) is 0.0781. The molecule has 0 radical (unpaired) electrons. The van der Waals surface area contributed by atoms with Crippen molar-refractivity contribution in [1.82, 2.24) is 9.97 Å². The largest absolute Gasteiger partial charge is 0.458 e. The smallest absolute Gasteiger partial charge is 0.317 e. The van der Waals surface area contributed by atoms with Crippen LogP contribution in [-0.4, -0.2) is 33.1 Å². The summed E-state index contributed by atoms with van der Waals surface area (Å²) >= 11 is 12.8. The molecule has 0 saturated carbocycles. The molecule has 6 nitrogen and oxygen atoms in total. The zero-order chi connectivity index (χ0) is 37.6. The van der Waals surface area contributed by atoms with Crippen LogP contribution in [0.2, 0.25) is 10.0 Å². The summed E-state index contributed by atoms with van der Waals surface area (Å²) in [5.41, 5.74) is 6.04. The second-order valence-electron chi connectivity index (χ2n) is 16.1. The summed E-state index contributed by atoms with van der Waals surface area (Å²) < 4.78 is 13.4. The fraction of sp³-hybridized carbons (Fsp3) is 0.600. The summed E-state index contributed by atoms with van der Waals surface area (Å²) in [6.07, 6.45) is 16.1. The maximum absolute atomic E-state index is 14.1. The predicted octanol–water partition coefficient (Wildman–Crippen LogP) is 12.6. The van der Waals surface area contributed by atoms with Gasteiger partial charge in [0.2, 0.25) is 0 Å². The first kappa shape index (κ1) is 39.7. The van der Waals surface area contributed by atoms with Crippen molar-refractivity contribution in [2.75, 3.05) is 0 Å². The molecule has 0 amide bonds. The molecule has 2 heterocycles. The first-order valence-electron chi connectivity index (χ1n) is 20.7. The van der Waals surface area contributed by atoms with Crippen molar-refractivity contribution in [2.45, 2.75) is 161 Å². The molecule has 4 aromatic rings. The summed E-state index contributed by atoms with van der Waals surface area (Å²) in [5, 5.41) is 3.87. The predicted molar refractivity (Wildman–Crippen MR) is 218 cm³/mol. The SMILES string of the molecule is CCCCC(CCCC)(OC(=O)CC(=O)OC(CCCC)(CCCC)C1CCc2c([nH]c3ccc(Cl)cc23)C1)C1CCc2c([nH]c3ccc(Cl)cc23)C1. The number of nitrogens with one attached hydrogen (secondary N) is 2. The zero-order valence-corrected chi connectivity index (χ0v) is 34.0. The van der Waals surface area contributed by atoms with Gasteiger partial charge in [-0.1, -0.05) is 76.6 Å². The van der Waals surface area contributed by atoms with Crippen molar-refractivity contribution < 1.29 is 19.1 Å². The van der Waals surface area contributed by atoms with E-state index in [-0.39, 0.29) is 18.3 Å². The number of esters is 2. The lowest BCUT2D eigenvalue weighted by Crippen LogP contribution is -2.47. The van der Waals surface area contributed by atoms with Crippen molar-refractivity contribution >= 4 is 56.9 Å². The van der Waals surface area contributed by atoms with Gasteiger partial charge in [0.25, 0.3) is 0 Å². The maximum Gasteiger partial charge on any atom is 0.317 e. The molecule has 2 aromatic carbocycles. The van der Waals surface area contributed by atoms with E-state index in [2.05, 4.69) is 61.9 Å². The third kappa shape index (κ3) is 8.80. The minimum Gasteiger partial charge on any atom is -0.458 e. The number of aryl methyl sites for hydroxylation is 2. The Labute approximate surface area is 326 Å². The van der Waals surface area contributed by atoms with Crippen molar-refractivity contribution in [3.8, 4) is 0 Å². The van der Waals surface area contributed by atoms with E-state index in [1.165, 1.54) is 33.3 Å². The van der Waals surface area contributed by atoms with Crippen LogP contribution in [0.1, 0.15) is 147 Å². The lowest BCUT2D eigenvalue weighted by atomic mass is 9.71. The van der Waals surface area contributed by atoms with E-state index < -0.39 is 23.1 Å². The molecule has 0 spiro atoms.